The van der Waals surface area contributed by atoms with Gasteiger partial charge in [0.05, 0.1) is 21.7 Å². The van der Waals surface area contributed by atoms with Gasteiger partial charge in [-0.05, 0) is 42.5 Å². The smallest absolute Gasteiger partial charge is 0.282 e. The van der Waals surface area contributed by atoms with Crippen LogP contribution in [0, 0.1) is 10.1 Å². The Balaban J connectivity index is 1.55. The van der Waals surface area contributed by atoms with Crippen molar-refractivity contribution in [1.29, 1.82) is 0 Å². The minimum atomic E-state index is -0.634. The quantitative estimate of drug-likeness (QED) is 0.417. The number of anilines is 2. The van der Waals surface area contributed by atoms with Gasteiger partial charge < -0.3 is 5.32 Å². The van der Waals surface area contributed by atoms with E-state index in [2.05, 4.69) is 5.32 Å². The number of nitro groups is 1. The number of hydrogen-bond donors (Lipinski definition) is 1. The van der Waals surface area contributed by atoms with Gasteiger partial charge in [0.2, 0.25) is 0 Å². The number of nitrogens with one attached hydrogen (secondary N) is 1. The number of carbonyl (C=O) groups is 3. The Morgan fingerprint density at radius 2 is 1.38 bits per heavy atom. The third-order valence-corrected chi connectivity index (χ3v) is 4.52. The van der Waals surface area contributed by atoms with Crippen molar-refractivity contribution in [1.82, 2.24) is 0 Å². The summed E-state index contributed by atoms with van der Waals surface area (Å²) in [5.41, 5.74) is 1.04. The predicted molar refractivity (Wildman–Crippen MR) is 105 cm³/mol. The summed E-state index contributed by atoms with van der Waals surface area (Å²) >= 11 is 0. The van der Waals surface area contributed by atoms with Crippen molar-refractivity contribution in [2.75, 3.05) is 10.2 Å². The minimum Gasteiger partial charge on any atom is -0.322 e. The number of benzene rings is 3. The lowest BCUT2D eigenvalue weighted by Gasteiger charge is -2.14. The van der Waals surface area contributed by atoms with Crippen molar-refractivity contribution in [3.8, 4) is 0 Å². The summed E-state index contributed by atoms with van der Waals surface area (Å²) < 4.78 is 0. The van der Waals surface area contributed by atoms with E-state index in [1.54, 1.807) is 24.3 Å². The van der Waals surface area contributed by atoms with Crippen LogP contribution in [0.15, 0.2) is 72.8 Å². The maximum absolute atomic E-state index is 12.5. The molecule has 4 rings (SSSR count). The summed E-state index contributed by atoms with van der Waals surface area (Å²) in [6.07, 6.45) is 0. The van der Waals surface area contributed by atoms with Gasteiger partial charge in [-0.2, -0.15) is 0 Å². The molecule has 0 spiro atoms. The highest BCUT2D eigenvalue weighted by atomic mass is 16.6. The largest absolute Gasteiger partial charge is 0.322 e. The Labute approximate surface area is 164 Å². The van der Waals surface area contributed by atoms with Crippen LogP contribution < -0.4 is 10.2 Å². The van der Waals surface area contributed by atoms with Gasteiger partial charge in [0.1, 0.15) is 5.56 Å². The molecule has 3 amide bonds. The summed E-state index contributed by atoms with van der Waals surface area (Å²) in [5, 5.41) is 13.7. The summed E-state index contributed by atoms with van der Waals surface area (Å²) in [4.78, 5) is 49.0. The highest BCUT2D eigenvalue weighted by Gasteiger charge is 2.36. The number of imide groups is 1. The Morgan fingerprint density at radius 1 is 0.828 bits per heavy atom. The molecule has 0 fully saturated rings. The third kappa shape index (κ3) is 3.12. The molecule has 1 aliphatic rings. The number of nitrogens with zero attached hydrogens (tertiary/aromatic N) is 2. The Bertz CT molecular complexity index is 1140. The number of rotatable bonds is 4. The normalized spacial score (nSPS) is 12.6. The molecule has 1 aliphatic heterocycles. The average molecular weight is 387 g/mol. The molecule has 0 aliphatic carbocycles. The van der Waals surface area contributed by atoms with Crippen LogP contribution in [0.2, 0.25) is 0 Å². The van der Waals surface area contributed by atoms with Crippen LogP contribution in [0.3, 0.4) is 0 Å². The molecule has 0 radical (unpaired) electrons. The van der Waals surface area contributed by atoms with E-state index in [1.807, 2.05) is 0 Å². The van der Waals surface area contributed by atoms with Crippen LogP contribution in [0.25, 0.3) is 0 Å². The summed E-state index contributed by atoms with van der Waals surface area (Å²) in [6, 6.07) is 18.3. The minimum absolute atomic E-state index is 0.0677. The van der Waals surface area contributed by atoms with Crippen molar-refractivity contribution in [2.45, 2.75) is 0 Å². The molecular weight excluding hydrogens is 374 g/mol. The lowest BCUT2D eigenvalue weighted by Crippen LogP contribution is -2.29. The molecule has 3 aromatic carbocycles. The average Bonchev–Trinajstić information content (AvgIpc) is 2.99. The molecule has 1 heterocycles. The first-order valence-corrected chi connectivity index (χ1v) is 8.60. The second kappa shape index (κ2) is 7.01. The van der Waals surface area contributed by atoms with Crippen molar-refractivity contribution in [3.63, 3.8) is 0 Å². The van der Waals surface area contributed by atoms with Gasteiger partial charge in [-0.15, -0.1) is 0 Å². The lowest BCUT2D eigenvalue weighted by atomic mass is 10.1. The molecule has 0 bridgehead atoms. The molecule has 0 saturated carbocycles. The molecule has 8 heteroatoms. The fraction of sp³-hybridized carbons (Fsp3) is 0. The number of amides is 3. The van der Waals surface area contributed by atoms with E-state index in [0.717, 1.165) is 4.90 Å². The Morgan fingerprint density at radius 3 is 1.97 bits per heavy atom. The van der Waals surface area contributed by atoms with E-state index in [0.29, 0.717) is 22.5 Å². The highest BCUT2D eigenvalue weighted by Crippen LogP contribution is 2.29. The molecular formula is C21H13N3O5. The van der Waals surface area contributed by atoms with Gasteiger partial charge in [0, 0.05) is 11.8 Å². The molecule has 142 valence electrons. The molecule has 8 nitrogen and oxygen atoms in total. The molecule has 0 aromatic heterocycles. The second-order valence-electron chi connectivity index (χ2n) is 6.27. The molecule has 0 unspecified atom stereocenters. The van der Waals surface area contributed by atoms with Crippen molar-refractivity contribution in [3.05, 3.63) is 99.6 Å². The number of nitro benzene ring substituents is 1. The zero-order valence-corrected chi connectivity index (χ0v) is 14.9. The summed E-state index contributed by atoms with van der Waals surface area (Å²) in [5.74, 6) is -1.46. The van der Waals surface area contributed by atoms with E-state index in [9.17, 15) is 24.5 Å². The second-order valence-corrected chi connectivity index (χ2v) is 6.27. The van der Waals surface area contributed by atoms with Gasteiger partial charge in [0.25, 0.3) is 23.4 Å². The van der Waals surface area contributed by atoms with Gasteiger partial charge in [-0.25, -0.2) is 4.90 Å². The van der Waals surface area contributed by atoms with Crippen molar-refractivity contribution < 1.29 is 19.3 Å². The van der Waals surface area contributed by atoms with Gasteiger partial charge in [-0.3, -0.25) is 24.5 Å². The zero-order valence-electron chi connectivity index (χ0n) is 14.9. The topological polar surface area (TPSA) is 110 Å². The SMILES string of the molecule is O=C(Nc1ccc(N2C(=O)c3ccccc3C2=O)cc1)c1ccccc1[N+](=O)[O-]. The van der Waals surface area contributed by atoms with Gasteiger partial charge in [0.15, 0.2) is 0 Å². The first kappa shape index (κ1) is 18.1. The fourth-order valence-electron chi connectivity index (χ4n) is 3.14. The molecule has 3 aromatic rings. The van der Waals surface area contributed by atoms with Crippen LogP contribution in [0.5, 0.6) is 0 Å². The standard InChI is InChI=1S/C21H13N3O5/c25-19(17-7-3-4-8-18(17)24(28)29)22-13-9-11-14(12-10-13)23-20(26)15-5-1-2-6-16(15)21(23)27/h1-12H,(H,22,25). The lowest BCUT2D eigenvalue weighted by molar-refractivity contribution is -0.385. The molecule has 1 N–H and O–H groups in total. The monoisotopic (exact) mass is 387 g/mol. The highest BCUT2D eigenvalue weighted by molar-refractivity contribution is 6.34. The van der Waals surface area contributed by atoms with Crippen LogP contribution in [-0.2, 0) is 0 Å². The number of fused-ring (bicyclic) bond motifs is 1. The fourth-order valence-corrected chi connectivity index (χ4v) is 3.14. The molecule has 29 heavy (non-hydrogen) atoms. The Hall–Kier alpha value is -4.33. The number of para-hydroxylation sites is 1. The maximum Gasteiger partial charge on any atom is 0.282 e. The van der Waals surface area contributed by atoms with E-state index in [4.69, 9.17) is 0 Å². The van der Waals surface area contributed by atoms with E-state index < -0.39 is 22.6 Å². The van der Waals surface area contributed by atoms with Crippen LogP contribution in [0.1, 0.15) is 31.1 Å². The first-order chi connectivity index (χ1) is 14.0. The van der Waals surface area contributed by atoms with E-state index in [1.165, 1.54) is 48.5 Å². The number of carbonyl (C=O) groups excluding carboxylic acids is 3. The van der Waals surface area contributed by atoms with Gasteiger partial charge in [-0.1, -0.05) is 24.3 Å². The van der Waals surface area contributed by atoms with E-state index in [-0.39, 0.29) is 11.3 Å². The van der Waals surface area contributed by atoms with Crippen molar-refractivity contribution in [2.24, 2.45) is 0 Å². The maximum atomic E-state index is 12.5. The van der Waals surface area contributed by atoms with E-state index >= 15 is 0 Å². The molecule has 0 atom stereocenters. The number of hydrogen-bond acceptors (Lipinski definition) is 5. The summed E-state index contributed by atoms with van der Waals surface area (Å²) in [7, 11) is 0. The third-order valence-electron chi connectivity index (χ3n) is 4.52. The predicted octanol–water partition coefficient (Wildman–Crippen LogP) is 3.65. The van der Waals surface area contributed by atoms with Crippen molar-refractivity contribution >= 4 is 34.8 Å². The first-order valence-electron chi connectivity index (χ1n) is 8.60. The zero-order chi connectivity index (χ0) is 20.5. The Kier molecular flexibility index (Phi) is 4.36. The summed E-state index contributed by atoms with van der Waals surface area (Å²) in [6.45, 7) is 0. The molecule has 0 saturated heterocycles. The van der Waals surface area contributed by atoms with Gasteiger partial charge >= 0.3 is 0 Å². The van der Waals surface area contributed by atoms with Crippen LogP contribution >= 0.6 is 0 Å². The van der Waals surface area contributed by atoms with Crippen LogP contribution in [0.4, 0.5) is 17.1 Å². The van der Waals surface area contributed by atoms with Crippen LogP contribution in [-0.4, -0.2) is 22.6 Å².